The van der Waals surface area contributed by atoms with Crippen LogP contribution in [0.1, 0.15) is 52.9 Å². The van der Waals surface area contributed by atoms with Gasteiger partial charge < -0.3 is 0 Å². The van der Waals surface area contributed by atoms with E-state index >= 15 is 0 Å². The number of hydrogen-bond donors (Lipinski definition) is 0. The van der Waals surface area contributed by atoms with Crippen LogP contribution in [0.15, 0.2) is 28.3 Å². The van der Waals surface area contributed by atoms with Gasteiger partial charge in [-0.05, 0) is 49.5 Å². The molecule has 0 bridgehead atoms. The van der Waals surface area contributed by atoms with Gasteiger partial charge in [-0.2, -0.15) is 0 Å². The van der Waals surface area contributed by atoms with Crippen molar-refractivity contribution in [2.75, 3.05) is 0 Å². The highest BCUT2D eigenvalue weighted by Crippen LogP contribution is 2.41. The van der Waals surface area contributed by atoms with Crippen LogP contribution >= 0.6 is 0 Å². The van der Waals surface area contributed by atoms with Crippen LogP contribution in [0.3, 0.4) is 0 Å². The zero-order valence-electron chi connectivity index (χ0n) is 12.6. The minimum Gasteiger partial charge on any atom is -0.294 e. The summed E-state index contributed by atoms with van der Waals surface area (Å²) >= 11 is 0. The van der Waals surface area contributed by atoms with E-state index in [0.717, 1.165) is 11.8 Å². The maximum atomic E-state index is 4.62. The van der Waals surface area contributed by atoms with Crippen molar-refractivity contribution in [3.63, 3.8) is 0 Å². The first-order chi connectivity index (χ1) is 9.15. The van der Waals surface area contributed by atoms with E-state index in [1.807, 2.05) is 0 Å². The summed E-state index contributed by atoms with van der Waals surface area (Å²) in [6.45, 7) is 7.05. The van der Waals surface area contributed by atoms with E-state index in [-0.39, 0.29) is 0 Å². The van der Waals surface area contributed by atoms with E-state index in [2.05, 4.69) is 44.1 Å². The lowest BCUT2D eigenvalue weighted by Crippen LogP contribution is -2.26. The molecule has 0 aromatic rings. The number of nitrogens with zero attached hydrogens (tertiary/aromatic N) is 1. The van der Waals surface area contributed by atoms with Crippen molar-refractivity contribution in [2.24, 2.45) is 28.7 Å². The molecule has 1 heterocycles. The van der Waals surface area contributed by atoms with Gasteiger partial charge in [0.1, 0.15) is 0 Å². The van der Waals surface area contributed by atoms with E-state index in [1.54, 1.807) is 11.1 Å². The molecule has 1 nitrogen and oxygen atoms in total. The van der Waals surface area contributed by atoms with Crippen molar-refractivity contribution < 1.29 is 0 Å². The van der Waals surface area contributed by atoms with Crippen LogP contribution in [0.2, 0.25) is 0 Å². The molecule has 0 amide bonds. The molecule has 2 aliphatic carbocycles. The van der Waals surface area contributed by atoms with Gasteiger partial charge in [-0.3, -0.25) is 4.99 Å². The predicted molar refractivity (Wildman–Crippen MR) is 82.5 cm³/mol. The van der Waals surface area contributed by atoms with E-state index in [9.17, 15) is 0 Å². The van der Waals surface area contributed by atoms with Gasteiger partial charge in [0.2, 0.25) is 0 Å². The van der Waals surface area contributed by atoms with Crippen LogP contribution in [0.4, 0.5) is 0 Å². The lowest BCUT2D eigenvalue weighted by Gasteiger charge is -2.33. The summed E-state index contributed by atoms with van der Waals surface area (Å²) in [6, 6.07) is 0.482. The van der Waals surface area contributed by atoms with Crippen LogP contribution in [-0.2, 0) is 0 Å². The Bertz CT molecular complexity index is 423. The molecule has 0 saturated heterocycles. The second-order valence-electron chi connectivity index (χ2n) is 6.96. The summed E-state index contributed by atoms with van der Waals surface area (Å²) in [4.78, 5) is 4.62. The van der Waals surface area contributed by atoms with Gasteiger partial charge in [0.25, 0.3) is 0 Å². The maximum absolute atomic E-state index is 4.62. The highest BCUT2D eigenvalue weighted by molar-refractivity contribution is 5.69. The Balaban J connectivity index is 1.81. The minimum absolute atomic E-state index is 0.482. The van der Waals surface area contributed by atoms with Crippen LogP contribution < -0.4 is 0 Å². The van der Waals surface area contributed by atoms with E-state index in [1.165, 1.54) is 32.1 Å². The molecule has 3 aliphatic rings. The van der Waals surface area contributed by atoms with Crippen molar-refractivity contribution >= 4 is 6.21 Å². The zero-order valence-corrected chi connectivity index (χ0v) is 12.6. The van der Waals surface area contributed by atoms with Crippen molar-refractivity contribution in [1.82, 2.24) is 0 Å². The Kier molecular flexibility index (Phi) is 3.64. The first-order valence-electron chi connectivity index (χ1n) is 8.10. The Morgan fingerprint density at radius 3 is 2.68 bits per heavy atom. The minimum atomic E-state index is 0.482. The van der Waals surface area contributed by atoms with Gasteiger partial charge in [-0.25, -0.2) is 0 Å². The number of hydrogen-bond acceptors (Lipinski definition) is 1. The summed E-state index contributed by atoms with van der Waals surface area (Å²) in [5.74, 6) is 2.90. The van der Waals surface area contributed by atoms with Gasteiger partial charge in [0.15, 0.2) is 0 Å². The molecule has 0 aromatic heterocycles. The Morgan fingerprint density at radius 1 is 1.21 bits per heavy atom. The average Bonchev–Trinajstić information content (AvgIpc) is 2.91. The maximum Gasteiger partial charge on any atom is 0.0505 e. The monoisotopic (exact) mass is 257 g/mol. The smallest absolute Gasteiger partial charge is 0.0505 e. The predicted octanol–water partition coefficient (Wildman–Crippen LogP) is 4.79. The number of fused-ring (bicyclic) bond motifs is 1. The average molecular weight is 257 g/mol. The largest absolute Gasteiger partial charge is 0.294 e. The molecule has 104 valence electrons. The summed E-state index contributed by atoms with van der Waals surface area (Å²) in [5, 5.41) is 0. The van der Waals surface area contributed by atoms with Gasteiger partial charge >= 0.3 is 0 Å². The van der Waals surface area contributed by atoms with Gasteiger partial charge in [0.05, 0.1) is 6.04 Å². The van der Waals surface area contributed by atoms with Gasteiger partial charge in [-0.15, -0.1) is 0 Å². The van der Waals surface area contributed by atoms with Crippen LogP contribution in [-0.4, -0.2) is 12.3 Å². The SMILES string of the molecule is CC1CC2=CC(C(C)C3CCCC3)=CC(C)C2C=N1. The summed E-state index contributed by atoms with van der Waals surface area (Å²) in [7, 11) is 0. The van der Waals surface area contributed by atoms with Crippen LogP contribution in [0, 0.1) is 23.7 Å². The van der Waals surface area contributed by atoms with E-state index in [4.69, 9.17) is 0 Å². The third-order valence-electron chi connectivity index (χ3n) is 5.47. The topological polar surface area (TPSA) is 12.4 Å². The van der Waals surface area contributed by atoms with Crippen LogP contribution in [0.25, 0.3) is 0 Å². The standard InChI is InChI=1S/C18H27N/c1-12-8-16(14(3)15-6-4-5-7-15)10-17-9-13(2)19-11-18(12)17/h8,10-15,18H,4-7,9H2,1-3H3. The number of aliphatic imine (C=N–C) groups is 1. The molecule has 19 heavy (non-hydrogen) atoms. The summed E-state index contributed by atoms with van der Waals surface area (Å²) in [5.41, 5.74) is 3.26. The molecule has 0 N–H and O–H groups in total. The van der Waals surface area contributed by atoms with E-state index in [0.29, 0.717) is 17.9 Å². The van der Waals surface area contributed by atoms with E-state index < -0.39 is 0 Å². The van der Waals surface area contributed by atoms with Crippen molar-refractivity contribution in [2.45, 2.75) is 58.9 Å². The van der Waals surface area contributed by atoms with Crippen molar-refractivity contribution in [3.8, 4) is 0 Å². The third kappa shape index (κ3) is 2.57. The second kappa shape index (κ2) is 5.26. The second-order valence-corrected chi connectivity index (χ2v) is 6.96. The fourth-order valence-electron chi connectivity index (χ4n) is 4.18. The lowest BCUT2D eigenvalue weighted by atomic mass is 9.73. The fraction of sp³-hybridized carbons (Fsp3) is 0.722. The van der Waals surface area contributed by atoms with Gasteiger partial charge in [-0.1, -0.05) is 44.4 Å². The zero-order chi connectivity index (χ0) is 13.4. The third-order valence-corrected chi connectivity index (χ3v) is 5.47. The molecule has 0 spiro atoms. The van der Waals surface area contributed by atoms with Crippen LogP contribution in [0.5, 0.6) is 0 Å². The fourth-order valence-corrected chi connectivity index (χ4v) is 4.18. The molecule has 0 aromatic carbocycles. The first kappa shape index (κ1) is 13.1. The molecule has 1 aliphatic heterocycles. The Hall–Kier alpha value is -0.850. The first-order valence-corrected chi connectivity index (χ1v) is 8.10. The number of allylic oxidation sites excluding steroid dienone is 3. The summed E-state index contributed by atoms with van der Waals surface area (Å²) in [6.07, 6.45) is 14.2. The highest BCUT2D eigenvalue weighted by atomic mass is 14.8. The van der Waals surface area contributed by atoms with Crippen molar-refractivity contribution in [3.05, 3.63) is 23.3 Å². The molecule has 3 rings (SSSR count). The normalized spacial score (nSPS) is 36.7. The molecular formula is C18H27N. The summed E-state index contributed by atoms with van der Waals surface area (Å²) < 4.78 is 0. The number of rotatable bonds is 2. The molecule has 0 radical (unpaired) electrons. The quantitative estimate of drug-likeness (QED) is 0.674. The Morgan fingerprint density at radius 2 is 1.95 bits per heavy atom. The molecular weight excluding hydrogens is 230 g/mol. The molecule has 1 saturated carbocycles. The van der Waals surface area contributed by atoms with Crippen molar-refractivity contribution in [1.29, 1.82) is 0 Å². The molecule has 1 heteroatoms. The molecule has 4 atom stereocenters. The molecule has 4 unspecified atom stereocenters. The lowest BCUT2D eigenvalue weighted by molar-refractivity contribution is 0.412. The highest BCUT2D eigenvalue weighted by Gasteiger charge is 2.30. The molecule has 1 fully saturated rings. The Labute approximate surface area is 117 Å². The van der Waals surface area contributed by atoms with Gasteiger partial charge in [0, 0.05) is 12.1 Å².